The summed E-state index contributed by atoms with van der Waals surface area (Å²) in [5.41, 5.74) is 1.54. The van der Waals surface area contributed by atoms with Crippen LogP contribution in [0.15, 0.2) is 41.6 Å². The molecule has 0 spiro atoms. The highest BCUT2D eigenvalue weighted by Gasteiger charge is 2.03. The lowest BCUT2D eigenvalue weighted by molar-refractivity contribution is 0.241. The molecule has 1 N–H and O–H groups in total. The van der Waals surface area contributed by atoms with E-state index in [2.05, 4.69) is 9.97 Å². The van der Waals surface area contributed by atoms with Crippen molar-refractivity contribution in [3.05, 3.63) is 47.0 Å². The van der Waals surface area contributed by atoms with Gasteiger partial charge in [-0.3, -0.25) is 9.78 Å². The predicted octanol–water partition coefficient (Wildman–Crippen LogP) is 2.22. The second-order valence-electron chi connectivity index (χ2n) is 4.01. The smallest absolute Gasteiger partial charge is 0.182 e. The maximum atomic E-state index is 11.3. The summed E-state index contributed by atoms with van der Waals surface area (Å²) in [6.07, 6.45) is 5.07. The van der Waals surface area contributed by atoms with Gasteiger partial charge < -0.3 is 9.72 Å². The summed E-state index contributed by atoms with van der Waals surface area (Å²) in [6, 6.07) is 4.87. The molecule has 0 aromatic carbocycles. The second-order valence-corrected chi connectivity index (χ2v) is 4.01. The molecule has 4 nitrogen and oxygen atoms in total. The van der Waals surface area contributed by atoms with Crippen LogP contribution in [0.4, 0.5) is 0 Å². The van der Waals surface area contributed by atoms with E-state index < -0.39 is 0 Å². The number of nitrogens with one attached hydrogen (secondary N) is 1. The number of nitrogens with zero attached hydrogens (tertiary/aromatic N) is 1. The van der Waals surface area contributed by atoms with E-state index in [-0.39, 0.29) is 11.5 Å². The van der Waals surface area contributed by atoms with Crippen LogP contribution in [-0.4, -0.2) is 16.1 Å². The summed E-state index contributed by atoms with van der Waals surface area (Å²) in [6.45, 7) is 3.91. The highest BCUT2D eigenvalue weighted by Crippen LogP contribution is 2.20. The quantitative estimate of drug-likeness (QED) is 0.879. The molecule has 4 heteroatoms. The highest BCUT2D eigenvalue weighted by atomic mass is 16.5. The van der Waals surface area contributed by atoms with Gasteiger partial charge in [0, 0.05) is 30.1 Å². The Hall–Kier alpha value is -2.10. The number of hydrogen-bond donors (Lipinski definition) is 1. The first-order valence-corrected chi connectivity index (χ1v) is 5.46. The fraction of sp³-hybridized carbons (Fsp3) is 0.231. The fourth-order valence-corrected chi connectivity index (χ4v) is 1.52. The van der Waals surface area contributed by atoms with Crippen molar-refractivity contribution in [1.82, 2.24) is 9.97 Å². The molecule has 0 aliphatic carbocycles. The third kappa shape index (κ3) is 2.93. The van der Waals surface area contributed by atoms with Crippen LogP contribution in [0, 0.1) is 0 Å². The lowest BCUT2D eigenvalue weighted by Crippen LogP contribution is -2.06. The average Bonchev–Trinajstić information content (AvgIpc) is 2.28. The van der Waals surface area contributed by atoms with Crippen LogP contribution < -0.4 is 10.2 Å². The normalized spacial score (nSPS) is 10.5. The largest absolute Gasteiger partial charge is 0.489 e. The summed E-state index contributed by atoms with van der Waals surface area (Å²) in [4.78, 5) is 18.4. The molecule has 2 aromatic rings. The maximum absolute atomic E-state index is 11.3. The third-order valence-electron chi connectivity index (χ3n) is 2.17. The molecule has 17 heavy (non-hydrogen) atoms. The van der Waals surface area contributed by atoms with Gasteiger partial charge in [0.2, 0.25) is 0 Å². The van der Waals surface area contributed by atoms with Crippen molar-refractivity contribution in [2.75, 3.05) is 0 Å². The van der Waals surface area contributed by atoms with Crippen LogP contribution in [0.2, 0.25) is 0 Å². The van der Waals surface area contributed by atoms with E-state index >= 15 is 0 Å². The van der Waals surface area contributed by atoms with E-state index in [1.54, 1.807) is 18.6 Å². The molecule has 0 saturated carbocycles. The van der Waals surface area contributed by atoms with E-state index in [4.69, 9.17) is 4.74 Å². The lowest BCUT2D eigenvalue weighted by Gasteiger charge is -2.10. The standard InChI is InChI=1S/C13H14N2O2/c1-9(2)17-12-5-10(7-14-8-12)13-6-11(16)3-4-15-13/h3-9H,1-2H3,(H,15,16). The van der Waals surface area contributed by atoms with Crippen LogP contribution in [0.25, 0.3) is 11.3 Å². The zero-order valence-corrected chi connectivity index (χ0v) is 9.81. The summed E-state index contributed by atoms with van der Waals surface area (Å²) in [5, 5.41) is 0. The Balaban J connectivity index is 2.36. The summed E-state index contributed by atoms with van der Waals surface area (Å²) in [7, 11) is 0. The van der Waals surface area contributed by atoms with Crippen molar-refractivity contribution in [3.63, 3.8) is 0 Å². The van der Waals surface area contributed by atoms with Gasteiger partial charge in [-0.2, -0.15) is 0 Å². The Labute approximate surface area is 99.3 Å². The molecule has 0 amide bonds. The molecule has 0 bridgehead atoms. The van der Waals surface area contributed by atoms with Gasteiger partial charge >= 0.3 is 0 Å². The van der Waals surface area contributed by atoms with Gasteiger partial charge in [0.15, 0.2) is 5.43 Å². The average molecular weight is 230 g/mol. The van der Waals surface area contributed by atoms with Gasteiger partial charge in [0.1, 0.15) is 5.75 Å². The van der Waals surface area contributed by atoms with Gasteiger partial charge in [0.25, 0.3) is 0 Å². The van der Waals surface area contributed by atoms with Crippen molar-refractivity contribution in [2.24, 2.45) is 0 Å². The van der Waals surface area contributed by atoms with Crippen molar-refractivity contribution in [1.29, 1.82) is 0 Å². The Morgan fingerprint density at radius 2 is 2.12 bits per heavy atom. The first-order chi connectivity index (χ1) is 8.15. The van der Waals surface area contributed by atoms with Crippen LogP contribution in [0.3, 0.4) is 0 Å². The molecule has 0 radical (unpaired) electrons. The van der Waals surface area contributed by atoms with Crippen LogP contribution in [-0.2, 0) is 0 Å². The van der Waals surface area contributed by atoms with E-state index in [1.165, 1.54) is 12.1 Å². The summed E-state index contributed by atoms with van der Waals surface area (Å²) >= 11 is 0. The predicted molar refractivity (Wildman–Crippen MR) is 66.1 cm³/mol. The number of pyridine rings is 2. The van der Waals surface area contributed by atoms with Crippen molar-refractivity contribution in [3.8, 4) is 17.0 Å². The molecule has 0 aliphatic heterocycles. The third-order valence-corrected chi connectivity index (χ3v) is 2.17. The van der Waals surface area contributed by atoms with E-state index in [0.29, 0.717) is 5.75 Å². The Morgan fingerprint density at radius 3 is 2.82 bits per heavy atom. The van der Waals surface area contributed by atoms with E-state index in [0.717, 1.165) is 11.3 Å². The monoisotopic (exact) mass is 230 g/mol. The summed E-state index contributed by atoms with van der Waals surface area (Å²) in [5.74, 6) is 0.696. The second kappa shape index (κ2) is 4.82. The van der Waals surface area contributed by atoms with Gasteiger partial charge in [0.05, 0.1) is 18.0 Å². The molecular formula is C13H14N2O2. The molecule has 2 aromatic heterocycles. The molecule has 0 aliphatic rings. The van der Waals surface area contributed by atoms with Crippen LogP contribution in [0.5, 0.6) is 5.75 Å². The minimum absolute atomic E-state index is 0.0334. The molecule has 2 rings (SSSR count). The van der Waals surface area contributed by atoms with Crippen molar-refractivity contribution >= 4 is 0 Å². The van der Waals surface area contributed by atoms with Gasteiger partial charge in [-0.1, -0.05) is 0 Å². The molecular weight excluding hydrogens is 216 g/mol. The minimum atomic E-state index is -0.0334. The number of aromatic amines is 1. The Morgan fingerprint density at radius 1 is 1.29 bits per heavy atom. The molecule has 2 heterocycles. The van der Waals surface area contributed by atoms with E-state index in [9.17, 15) is 4.79 Å². The minimum Gasteiger partial charge on any atom is -0.489 e. The van der Waals surface area contributed by atoms with Crippen molar-refractivity contribution < 1.29 is 4.74 Å². The lowest BCUT2D eigenvalue weighted by atomic mass is 10.2. The first kappa shape index (κ1) is 11.4. The number of aromatic nitrogens is 2. The number of ether oxygens (including phenoxy) is 1. The fourth-order valence-electron chi connectivity index (χ4n) is 1.52. The maximum Gasteiger partial charge on any atom is 0.182 e. The topological polar surface area (TPSA) is 55.0 Å². The van der Waals surface area contributed by atoms with Gasteiger partial charge in [-0.05, 0) is 19.9 Å². The SMILES string of the molecule is CC(C)Oc1cncc(-c2cc(=O)cc[nH]2)c1. The zero-order valence-electron chi connectivity index (χ0n) is 9.81. The van der Waals surface area contributed by atoms with E-state index in [1.807, 2.05) is 19.9 Å². The number of rotatable bonds is 3. The highest BCUT2D eigenvalue weighted by molar-refractivity contribution is 5.59. The Kier molecular flexibility index (Phi) is 3.23. The number of hydrogen-bond acceptors (Lipinski definition) is 3. The first-order valence-electron chi connectivity index (χ1n) is 5.46. The van der Waals surface area contributed by atoms with Gasteiger partial charge in [-0.25, -0.2) is 0 Å². The molecule has 88 valence electrons. The van der Waals surface area contributed by atoms with Crippen molar-refractivity contribution in [2.45, 2.75) is 20.0 Å². The van der Waals surface area contributed by atoms with Gasteiger partial charge in [-0.15, -0.1) is 0 Å². The zero-order chi connectivity index (χ0) is 12.3. The molecule has 0 atom stereocenters. The molecule has 0 unspecified atom stereocenters. The number of H-pyrrole nitrogens is 1. The summed E-state index contributed by atoms with van der Waals surface area (Å²) < 4.78 is 5.55. The molecule has 0 fully saturated rings. The van der Waals surface area contributed by atoms with Crippen LogP contribution >= 0.6 is 0 Å². The molecule has 0 saturated heterocycles. The Bertz CT molecular complexity index is 561. The van der Waals surface area contributed by atoms with Crippen LogP contribution in [0.1, 0.15) is 13.8 Å².